The molecule has 1 aliphatic heterocycles. The molecule has 3 N–H and O–H groups in total. The van der Waals surface area contributed by atoms with Crippen LogP contribution in [-0.2, 0) is 11.3 Å². The molecular formula is C19H31N5O2. The van der Waals surface area contributed by atoms with Gasteiger partial charge in [-0.2, -0.15) is 0 Å². The second-order valence-electron chi connectivity index (χ2n) is 6.35. The van der Waals surface area contributed by atoms with Crippen LogP contribution in [-0.4, -0.2) is 69.2 Å². The van der Waals surface area contributed by atoms with E-state index < -0.39 is 0 Å². The Kier molecular flexibility index (Phi) is 8.37. The molecule has 1 aromatic rings. The van der Waals surface area contributed by atoms with E-state index in [1.165, 1.54) is 0 Å². The van der Waals surface area contributed by atoms with Gasteiger partial charge >= 0.3 is 0 Å². The number of nitrogens with zero attached hydrogens (tertiary/aromatic N) is 2. The summed E-state index contributed by atoms with van der Waals surface area (Å²) >= 11 is 0. The van der Waals surface area contributed by atoms with Crippen molar-refractivity contribution in [3.63, 3.8) is 0 Å². The molecule has 0 radical (unpaired) electrons. The van der Waals surface area contributed by atoms with Gasteiger partial charge in [-0.25, -0.2) is 4.99 Å². The number of morpholine rings is 1. The van der Waals surface area contributed by atoms with Crippen molar-refractivity contribution in [2.24, 2.45) is 4.99 Å². The van der Waals surface area contributed by atoms with Crippen molar-refractivity contribution >= 4 is 11.9 Å². The predicted molar refractivity (Wildman–Crippen MR) is 105 cm³/mol. The Labute approximate surface area is 156 Å². The lowest BCUT2D eigenvalue weighted by molar-refractivity contribution is 0.0211. The molecule has 2 rings (SSSR count). The Hall–Kier alpha value is -2.12. The summed E-state index contributed by atoms with van der Waals surface area (Å²) in [6, 6.07) is 7.97. The number of carbonyl (C=O) groups is 1. The number of nitrogens with one attached hydrogen (secondary N) is 3. The van der Waals surface area contributed by atoms with Gasteiger partial charge in [0.15, 0.2) is 5.96 Å². The third-order valence-electron chi connectivity index (χ3n) is 4.41. The minimum absolute atomic E-state index is 0.0832. The summed E-state index contributed by atoms with van der Waals surface area (Å²) in [6.45, 7) is 9.97. The fourth-order valence-corrected chi connectivity index (χ4v) is 2.86. The van der Waals surface area contributed by atoms with Crippen LogP contribution < -0.4 is 16.0 Å². The first-order valence-corrected chi connectivity index (χ1v) is 9.29. The number of hydrogen-bond donors (Lipinski definition) is 3. The smallest absolute Gasteiger partial charge is 0.251 e. The maximum atomic E-state index is 11.7. The average Bonchev–Trinajstić information content (AvgIpc) is 2.70. The van der Waals surface area contributed by atoms with Crippen LogP contribution in [0.1, 0.15) is 29.8 Å². The van der Waals surface area contributed by atoms with Crippen molar-refractivity contribution in [2.75, 3.05) is 46.4 Å². The minimum Gasteiger partial charge on any atom is -0.379 e. The van der Waals surface area contributed by atoms with E-state index in [-0.39, 0.29) is 5.91 Å². The summed E-state index contributed by atoms with van der Waals surface area (Å²) in [5.41, 5.74) is 1.66. The van der Waals surface area contributed by atoms with E-state index >= 15 is 0 Å². The van der Waals surface area contributed by atoms with Gasteiger partial charge in [-0.15, -0.1) is 0 Å². The van der Waals surface area contributed by atoms with Crippen LogP contribution in [0, 0.1) is 0 Å². The monoisotopic (exact) mass is 361 g/mol. The van der Waals surface area contributed by atoms with Gasteiger partial charge in [-0.05, 0) is 31.5 Å². The number of ether oxygens (including phenoxy) is 1. The Morgan fingerprint density at radius 3 is 2.77 bits per heavy atom. The van der Waals surface area contributed by atoms with Crippen LogP contribution in [0.2, 0.25) is 0 Å². The molecule has 7 heteroatoms. The zero-order chi connectivity index (χ0) is 18.8. The topological polar surface area (TPSA) is 78.0 Å². The maximum absolute atomic E-state index is 11.7. The van der Waals surface area contributed by atoms with Crippen LogP contribution in [0.4, 0.5) is 0 Å². The van der Waals surface area contributed by atoms with Gasteiger partial charge in [-0.1, -0.05) is 12.1 Å². The van der Waals surface area contributed by atoms with Gasteiger partial charge < -0.3 is 20.7 Å². The number of hydrogen-bond acceptors (Lipinski definition) is 4. The molecule has 0 aromatic heterocycles. The summed E-state index contributed by atoms with van der Waals surface area (Å²) < 4.78 is 5.41. The van der Waals surface area contributed by atoms with Gasteiger partial charge in [0.25, 0.3) is 5.91 Å². The van der Waals surface area contributed by atoms with Crippen molar-refractivity contribution in [2.45, 2.75) is 26.4 Å². The third kappa shape index (κ3) is 6.31. The molecule has 1 aliphatic rings. The predicted octanol–water partition coefficient (Wildman–Crippen LogP) is 0.822. The Bertz CT molecular complexity index is 599. The highest BCUT2D eigenvalue weighted by atomic mass is 16.5. The van der Waals surface area contributed by atoms with Crippen LogP contribution >= 0.6 is 0 Å². The first-order valence-electron chi connectivity index (χ1n) is 9.29. The zero-order valence-corrected chi connectivity index (χ0v) is 16.0. The molecule has 0 bridgehead atoms. The molecule has 0 spiro atoms. The van der Waals surface area contributed by atoms with Gasteiger partial charge in [-0.3, -0.25) is 9.69 Å². The summed E-state index contributed by atoms with van der Waals surface area (Å²) in [7, 11) is 1.63. The molecule has 144 valence electrons. The maximum Gasteiger partial charge on any atom is 0.251 e. The Morgan fingerprint density at radius 2 is 2.08 bits per heavy atom. The quantitative estimate of drug-likeness (QED) is 0.495. The molecular weight excluding hydrogens is 330 g/mol. The second-order valence-corrected chi connectivity index (χ2v) is 6.35. The lowest BCUT2D eigenvalue weighted by atomic mass is 10.1. The van der Waals surface area contributed by atoms with E-state index in [1.807, 2.05) is 18.2 Å². The van der Waals surface area contributed by atoms with E-state index in [4.69, 9.17) is 4.74 Å². The van der Waals surface area contributed by atoms with Crippen LogP contribution in [0.3, 0.4) is 0 Å². The number of aliphatic imine (C=N–C) groups is 1. The number of carbonyl (C=O) groups excluding carboxylic acids is 1. The van der Waals surface area contributed by atoms with Crippen molar-refractivity contribution < 1.29 is 9.53 Å². The third-order valence-corrected chi connectivity index (χ3v) is 4.41. The van der Waals surface area contributed by atoms with Gasteiger partial charge in [0, 0.05) is 44.8 Å². The number of rotatable bonds is 7. The zero-order valence-electron chi connectivity index (χ0n) is 16.0. The Morgan fingerprint density at radius 1 is 1.31 bits per heavy atom. The van der Waals surface area contributed by atoms with Crippen molar-refractivity contribution in [1.82, 2.24) is 20.9 Å². The molecule has 1 heterocycles. The normalized spacial score (nSPS) is 16.8. The summed E-state index contributed by atoms with van der Waals surface area (Å²) in [6.07, 6.45) is 0. The molecule has 0 saturated carbocycles. The van der Waals surface area contributed by atoms with Crippen molar-refractivity contribution in [3.8, 4) is 0 Å². The van der Waals surface area contributed by atoms with Crippen LogP contribution in [0.5, 0.6) is 0 Å². The number of benzene rings is 1. The van der Waals surface area contributed by atoms with Gasteiger partial charge in [0.2, 0.25) is 0 Å². The van der Waals surface area contributed by atoms with Gasteiger partial charge in [0.05, 0.1) is 19.8 Å². The molecule has 1 unspecified atom stereocenters. The van der Waals surface area contributed by atoms with E-state index in [1.54, 1.807) is 13.1 Å². The highest BCUT2D eigenvalue weighted by Gasteiger charge is 2.17. The molecule has 26 heavy (non-hydrogen) atoms. The van der Waals surface area contributed by atoms with E-state index in [9.17, 15) is 4.79 Å². The number of amides is 1. The summed E-state index contributed by atoms with van der Waals surface area (Å²) in [4.78, 5) is 18.8. The second kappa shape index (κ2) is 10.8. The molecule has 1 saturated heterocycles. The van der Waals surface area contributed by atoms with Crippen LogP contribution in [0.15, 0.2) is 29.3 Å². The first kappa shape index (κ1) is 20.2. The van der Waals surface area contributed by atoms with E-state index in [0.29, 0.717) is 18.2 Å². The summed E-state index contributed by atoms with van der Waals surface area (Å²) in [5.74, 6) is 0.707. The minimum atomic E-state index is -0.0832. The lowest BCUT2D eigenvalue weighted by Crippen LogP contribution is -2.49. The molecule has 1 aromatic carbocycles. The Balaban J connectivity index is 1.92. The highest BCUT2D eigenvalue weighted by molar-refractivity contribution is 5.94. The van der Waals surface area contributed by atoms with E-state index in [0.717, 1.165) is 50.9 Å². The molecule has 1 fully saturated rings. The van der Waals surface area contributed by atoms with Crippen molar-refractivity contribution in [1.29, 1.82) is 0 Å². The fraction of sp³-hybridized carbons (Fsp3) is 0.579. The molecule has 0 aliphatic carbocycles. The largest absolute Gasteiger partial charge is 0.379 e. The fourth-order valence-electron chi connectivity index (χ4n) is 2.86. The van der Waals surface area contributed by atoms with Crippen LogP contribution in [0.25, 0.3) is 0 Å². The SMILES string of the molecule is CCNC(=NCc1cccc(C(=O)NC)c1)NCC(C)N1CCOCC1. The molecule has 7 nitrogen and oxygen atoms in total. The highest BCUT2D eigenvalue weighted by Crippen LogP contribution is 2.07. The standard InChI is InChI=1S/C19H31N5O2/c1-4-21-19(22-13-15(2)24-8-10-26-11-9-24)23-14-16-6-5-7-17(12-16)18(25)20-3/h5-7,12,15H,4,8-11,13-14H2,1-3H3,(H,20,25)(H2,21,22,23). The lowest BCUT2D eigenvalue weighted by Gasteiger charge is -2.32. The van der Waals surface area contributed by atoms with Gasteiger partial charge in [0.1, 0.15) is 0 Å². The average molecular weight is 361 g/mol. The number of guanidine groups is 1. The molecule has 1 atom stereocenters. The summed E-state index contributed by atoms with van der Waals surface area (Å²) in [5, 5.41) is 9.33. The van der Waals surface area contributed by atoms with E-state index in [2.05, 4.69) is 39.7 Å². The molecule has 1 amide bonds. The van der Waals surface area contributed by atoms with Crippen molar-refractivity contribution in [3.05, 3.63) is 35.4 Å². The first-order chi connectivity index (χ1) is 12.6.